The lowest BCUT2D eigenvalue weighted by molar-refractivity contribution is 0.0426. The van der Waals surface area contributed by atoms with Gasteiger partial charge in [0.15, 0.2) is 0 Å². The first-order chi connectivity index (χ1) is 10.7. The van der Waals surface area contributed by atoms with E-state index in [1.807, 2.05) is 6.92 Å². The summed E-state index contributed by atoms with van der Waals surface area (Å²) in [4.78, 5) is 0.192. The van der Waals surface area contributed by atoms with E-state index in [2.05, 4.69) is 0 Å². The number of alkyl halides is 2. The van der Waals surface area contributed by atoms with Gasteiger partial charge in [0.2, 0.25) is 10.0 Å². The number of ether oxygens (including phenoxy) is 1. The molecule has 7 heteroatoms. The lowest BCUT2D eigenvalue weighted by atomic mass is 9.94. The van der Waals surface area contributed by atoms with Gasteiger partial charge in [0.1, 0.15) is 5.75 Å². The van der Waals surface area contributed by atoms with Gasteiger partial charge in [-0.3, -0.25) is 0 Å². The fourth-order valence-electron chi connectivity index (χ4n) is 3.33. The van der Waals surface area contributed by atoms with Gasteiger partial charge in [-0.25, -0.2) is 17.2 Å². The molecule has 0 amide bonds. The third-order valence-electron chi connectivity index (χ3n) is 4.97. The van der Waals surface area contributed by atoms with Gasteiger partial charge in [0, 0.05) is 24.9 Å². The Kier molecular flexibility index (Phi) is 3.92. The van der Waals surface area contributed by atoms with E-state index < -0.39 is 21.4 Å². The lowest BCUT2D eigenvalue weighted by Crippen LogP contribution is -2.40. The normalized spacial score (nSPS) is 23.0. The first-order valence-electron chi connectivity index (χ1n) is 7.83. The molecule has 4 nitrogen and oxygen atoms in total. The van der Waals surface area contributed by atoms with Crippen molar-refractivity contribution in [1.82, 2.24) is 4.31 Å². The molecule has 0 atom stereocenters. The van der Waals surface area contributed by atoms with Crippen molar-refractivity contribution in [2.45, 2.75) is 43.9 Å². The highest BCUT2D eigenvalue weighted by Crippen LogP contribution is 2.66. The van der Waals surface area contributed by atoms with Crippen LogP contribution in [0.2, 0.25) is 0 Å². The number of nitrogens with zero attached hydrogens (tertiary/aromatic N) is 1. The van der Waals surface area contributed by atoms with Crippen LogP contribution in [0.3, 0.4) is 0 Å². The molecule has 23 heavy (non-hydrogen) atoms. The van der Waals surface area contributed by atoms with E-state index in [1.165, 1.54) is 10.4 Å². The molecule has 0 unspecified atom stereocenters. The molecule has 128 valence electrons. The molecule has 0 radical (unpaired) electrons. The van der Waals surface area contributed by atoms with Crippen LogP contribution in [0.15, 0.2) is 23.1 Å². The van der Waals surface area contributed by atoms with Gasteiger partial charge in [0.05, 0.1) is 11.5 Å². The lowest BCUT2D eigenvalue weighted by Gasteiger charge is -2.31. The number of hydrogen-bond donors (Lipinski definition) is 0. The zero-order valence-electron chi connectivity index (χ0n) is 13.3. The van der Waals surface area contributed by atoms with Crippen molar-refractivity contribution in [2.24, 2.45) is 5.41 Å². The molecular formula is C16H21F2NO3S. The maximum Gasteiger partial charge on any atom is 0.254 e. The summed E-state index contributed by atoms with van der Waals surface area (Å²) >= 11 is 0. The molecule has 1 spiro atoms. The Morgan fingerprint density at radius 2 is 1.87 bits per heavy atom. The molecule has 2 fully saturated rings. The van der Waals surface area contributed by atoms with Crippen LogP contribution < -0.4 is 4.74 Å². The van der Waals surface area contributed by atoms with Gasteiger partial charge in [-0.2, -0.15) is 4.31 Å². The van der Waals surface area contributed by atoms with Gasteiger partial charge >= 0.3 is 0 Å². The van der Waals surface area contributed by atoms with E-state index >= 15 is 0 Å². The summed E-state index contributed by atoms with van der Waals surface area (Å²) in [7, 11) is -3.64. The van der Waals surface area contributed by atoms with E-state index in [0.29, 0.717) is 12.4 Å². The molecule has 1 heterocycles. The summed E-state index contributed by atoms with van der Waals surface area (Å²) in [6.07, 6.45) is 0.362. The zero-order chi connectivity index (χ0) is 16.9. The van der Waals surface area contributed by atoms with Crippen LogP contribution in [0, 0.1) is 12.3 Å². The van der Waals surface area contributed by atoms with E-state index in [-0.39, 0.29) is 37.2 Å². The maximum absolute atomic E-state index is 13.4. The fraction of sp³-hybridized carbons (Fsp3) is 0.625. The van der Waals surface area contributed by atoms with Gasteiger partial charge in [-0.15, -0.1) is 0 Å². The number of halogens is 2. The summed E-state index contributed by atoms with van der Waals surface area (Å²) in [6.45, 7) is 4.48. The minimum absolute atomic E-state index is 0.101. The van der Waals surface area contributed by atoms with Crippen molar-refractivity contribution in [3.8, 4) is 5.75 Å². The number of sulfonamides is 1. The molecule has 0 N–H and O–H groups in total. The van der Waals surface area contributed by atoms with E-state index in [4.69, 9.17) is 4.74 Å². The summed E-state index contributed by atoms with van der Waals surface area (Å²) in [5.41, 5.74) is -0.205. The quantitative estimate of drug-likeness (QED) is 0.842. The molecular weight excluding hydrogens is 324 g/mol. The van der Waals surface area contributed by atoms with Crippen molar-refractivity contribution in [2.75, 3.05) is 19.7 Å². The van der Waals surface area contributed by atoms with Crippen molar-refractivity contribution < 1.29 is 21.9 Å². The van der Waals surface area contributed by atoms with Gasteiger partial charge in [0.25, 0.3) is 5.92 Å². The van der Waals surface area contributed by atoms with Crippen LogP contribution in [0.25, 0.3) is 0 Å². The fourth-order valence-corrected chi connectivity index (χ4v) is 4.85. The van der Waals surface area contributed by atoms with E-state index in [0.717, 1.165) is 5.56 Å². The van der Waals surface area contributed by atoms with Crippen LogP contribution in [-0.4, -0.2) is 38.3 Å². The second kappa shape index (κ2) is 5.41. The van der Waals surface area contributed by atoms with E-state index in [9.17, 15) is 17.2 Å². The molecule has 0 aromatic heterocycles. The third kappa shape index (κ3) is 2.74. The highest BCUT2D eigenvalue weighted by molar-refractivity contribution is 7.89. The predicted molar refractivity (Wildman–Crippen MR) is 82.3 cm³/mol. The second-order valence-electron chi connectivity index (χ2n) is 6.43. The molecule has 1 aromatic carbocycles. The Labute approximate surface area is 135 Å². The average molecular weight is 345 g/mol. The zero-order valence-corrected chi connectivity index (χ0v) is 14.1. The Morgan fingerprint density at radius 1 is 1.26 bits per heavy atom. The number of rotatable bonds is 4. The molecule has 1 saturated carbocycles. The Balaban J connectivity index is 1.76. The van der Waals surface area contributed by atoms with Crippen molar-refractivity contribution in [1.29, 1.82) is 0 Å². The summed E-state index contributed by atoms with van der Waals surface area (Å²) in [6, 6.07) is 4.74. The van der Waals surface area contributed by atoms with Gasteiger partial charge in [-0.05, 0) is 50.5 Å². The Morgan fingerprint density at radius 3 is 2.35 bits per heavy atom. The Bertz CT molecular complexity index is 710. The SMILES string of the molecule is CCOc1ccc(S(=O)(=O)N2CCC3(CC2)CC3(F)F)cc1C. The largest absolute Gasteiger partial charge is 0.494 e. The molecule has 2 aliphatic rings. The van der Waals surface area contributed by atoms with Crippen molar-refractivity contribution >= 4 is 10.0 Å². The summed E-state index contributed by atoms with van der Waals surface area (Å²) in [5.74, 6) is -1.96. The minimum Gasteiger partial charge on any atom is -0.494 e. The number of benzene rings is 1. The summed E-state index contributed by atoms with van der Waals surface area (Å²) < 4.78 is 59.0. The van der Waals surface area contributed by atoms with Crippen molar-refractivity contribution in [3.63, 3.8) is 0 Å². The average Bonchev–Trinajstić information content (AvgIpc) is 3.01. The number of hydrogen-bond acceptors (Lipinski definition) is 3. The monoisotopic (exact) mass is 345 g/mol. The number of aryl methyl sites for hydroxylation is 1. The highest BCUT2D eigenvalue weighted by atomic mass is 32.2. The molecule has 1 saturated heterocycles. The van der Waals surface area contributed by atoms with Crippen LogP contribution in [0.4, 0.5) is 8.78 Å². The van der Waals surface area contributed by atoms with Crippen LogP contribution in [-0.2, 0) is 10.0 Å². The number of piperidine rings is 1. The maximum atomic E-state index is 13.4. The predicted octanol–water partition coefficient (Wildman–Crippen LogP) is 3.20. The Hall–Kier alpha value is -1.21. The van der Waals surface area contributed by atoms with E-state index in [1.54, 1.807) is 19.1 Å². The molecule has 1 aromatic rings. The highest BCUT2D eigenvalue weighted by Gasteiger charge is 2.70. The topological polar surface area (TPSA) is 46.6 Å². The standard InChI is InChI=1S/C16H21F2NO3S/c1-3-22-14-5-4-13(10-12(14)2)23(20,21)19-8-6-15(7-9-19)11-16(15,17)18/h4-5,10H,3,6-9,11H2,1-2H3. The molecule has 1 aliphatic heterocycles. The van der Waals surface area contributed by atoms with Crippen LogP contribution in [0.1, 0.15) is 31.7 Å². The third-order valence-corrected chi connectivity index (χ3v) is 6.87. The minimum atomic E-state index is -3.64. The first-order valence-corrected chi connectivity index (χ1v) is 9.27. The van der Waals surface area contributed by atoms with Gasteiger partial charge < -0.3 is 4.74 Å². The van der Waals surface area contributed by atoms with Crippen LogP contribution >= 0.6 is 0 Å². The summed E-state index contributed by atoms with van der Waals surface area (Å²) in [5, 5.41) is 0. The molecule has 1 aliphatic carbocycles. The smallest absolute Gasteiger partial charge is 0.254 e. The molecule has 3 rings (SSSR count). The van der Waals surface area contributed by atoms with Crippen LogP contribution in [0.5, 0.6) is 5.75 Å². The van der Waals surface area contributed by atoms with Gasteiger partial charge in [-0.1, -0.05) is 0 Å². The molecule has 0 bridgehead atoms. The first kappa shape index (κ1) is 16.6. The second-order valence-corrected chi connectivity index (χ2v) is 8.36. The van der Waals surface area contributed by atoms with Crippen molar-refractivity contribution in [3.05, 3.63) is 23.8 Å².